The van der Waals surface area contributed by atoms with Gasteiger partial charge in [-0.3, -0.25) is 4.79 Å². The molecule has 1 aromatic carbocycles. The summed E-state index contributed by atoms with van der Waals surface area (Å²) in [4.78, 5) is 12.7. The number of sulfonamides is 1. The molecule has 0 unspecified atom stereocenters. The number of nitrogens with zero attached hydrogens (tertiary/aromatic N) is 2. The minimum absolute atomic E-state index is 0.167. The molecule has 0 radical (unpaired) electrons. The zero-order valence-corrected chi connectivity index (χ0v) is 18.0. The van der Waals surface area contributed by atoms with Crippen molar-refractivity contribution in [2.75, 3.05) is 13.1 Å². The number of hydrogen-bond donors (Lipinski definition) is 1. The molecular formula is C22H31N3O3S. The van der Waals surface area contributed by atoms with Crippen LogP contribution in [-0.2, 0) is 10.0 Å². The number of allylic oxidation sites excluding steroid dienone is 2. The molecule has 1 aliphatic carbocycles. The van der Waals surface area contributed by atoms with Crippen LogP contribution in [0.15, 0.2) is 45.9 Å². The van der Waals surface area contributed by atoms with Gasteiger partial charge in [-0.15, -0.1) is 0 Å². The summed E-state index contributed by atoms with van der Waals surface area (Å²) in [6.45, 7) is 3.26. The van der Waals surface area contributed by atoms with Gasteiger partial charge in [-0.1, -0.05) is 38.3 Å². The van der Waals surface area contributed by atoms with E-state index in [9.17, 15) is 13.2 Å². The summed E-state index contributed by atoms with van der Waals surface area (Å²) in [7, 11) is -3.56. The molecule has 1 saturated heterocycles. The minimum atomic E-state index is -3.56. The van der Waals surface area contributed by atoms with Gasteiger partial charge in [0.05, 0.1) is 10.6 Å². The van der Waals surface area contributed by atoms with Crippen molar-refractivity contribution in [2.45, 2.75) is 69.6 Å². The van der Waals surface area contributed by atoms with Crippen LogP contribution in [0, 0.1) is 0 Å². The third kappa shape index (κ3) is 5.54. The Bertz CT molecular complexity index is 884. The minimum Gasteiger partial charge on any atom is -0.267 e. The van der Waals surface area contributed by atoms with Crippen molar-refractivity contribution >= 4 is 21.6 Å². The Morgan fingerprint density at radius 1 is 1.17 bits per heavy atom. The molecule has 1 N–H and O–H groups in total. The molecule has 29 heavy (non-hydrogen) atoms. The second-order valence-corrected chi connectivity index (χ2v) is 9.66. The fourth-order valence-electron chi connectivity index (χ4n) is 3.84. The van der Waals surface area contributed by atoms with E-state index in [2.05, 4.69) is 23.5 Å². The standard InChI is InChI=1S/C22H31N3O3S/c1-2-3-5-10-18-11-9-14-21(18)23-24-22(26)19-12-8-13-20(17-19)29(27,28)25-15-6-4-7-16-25/h8,11-13,17H,2-7,9-10,14-16H2,1H3,(H,24,26)/b23-21-. The van der Waals surface area contributed by atoms with E-state index >= 15 is 0 Å². The Hall–Kier alpha value is -1.99. The van der Waals surface area contributed by atoms with Crippen LogP contribution in [0.1, 0.15) is 75.1 Å². The molecule has 0 bridgehead atoms. The molecule has 1 aromatic rings. The van der Waals surface area contributed by atoms with Crippen molar-refractivity contribution in [2.24, 2.45) is 5.10 Å². The highest BCUT2D eigenvalue weighted by atomic mass is 32.2. The Labute approximate surface area is 174 Å². The first-order valence-corrected chi connectivity index (χ1v) is 12.1. The first-order chi connectivity index (χ1) is 14.0. The summed E-state index contributed by atoms with van der Waals surface area (Å²) >= 11 is 0. The predicted molar refractivity (Wildman–Crippen MR) is 115 cm³/mol. The lowest BCUT2D eigenvalue weighted by Gasteiger charge is -2.25. The molecule has 3 rings (SSSR count). The first kappa shape index (κ1) is 21.7. The number of rotatable bonds is 8. The summed E-state index contributed by atoms with van der Waals surface area (Å²) in [6.07, 6.45) is 11.3. The number of carbonyl (C=O) groups excluding carboxylic acids is 1. The largest absolute Gasteiger partial charge is 0.271 e. The molecular weight excluding hydrogens is 386 g/mol. The van der Waals surface area contributed by atoms with Gasteiger partial charge < -0.3 is 0 Å². The maximum Gasteiger partial charge on any atom is 0.271 e. The van der Waals surface area contributed by atoms with E-state index in [0.29, 0.717) is 18.7 Å². The van der Waals surface area contributed by atoms with Crippen molar-refractivity contribution < 1.29 is 13.2 Å². The maximum absolute atomic E-state index is 12.9. The number of amides is 1. The van der Waals surface area contributed by atoms with Crippen LogP contribution in [0.5, 0.6) is 0 Å². The number of carbonyl (C=O) groups is 1. The highest BCUT2D eigenvalue weighted by Gasteiger charge is 2.26. The summed E-state index contributed by atoms with van der Waals surface area (Å²) in [5.41, 5.74) is 5.09. The zero-order valence-electron chi connectivity index (χ0n) is 17.2. The number of nitrogens with one attached hydrogen (secondary N) is 1. The SMILES string of the molecule is CCCCCC1=CCC/C1=N/NC(=O)c1cccc(S(=O)(=O)N2CCCCC2)c1. The lowest BCUT2D eigenvalue weighted by molar-refractivity contribution is 0.0954. The van der Waals surface area contributed by atoms with Crippen LogP contribution < -0.4 is 5.43 Å². The second kappa shape index (κ2) is 10.2. The Morgan fingerprint density at radius 3 is 2.72 bits per heavy atom. The van der Waals surface area contributed by atoms with Gasteiger partial charge in [-0.25, -0.2) is 13.8 Å². The molecule has 0 aromatic heterocycles. The number of benzene rings is 1. The summed E-state index contributed by atoms with van der Waals surface area (Å²) in [5, 5.41) is 4.33. The third-order valence-corrected chi connectivity index (χ3v) is 7.43. The van der Waals surface area contributed by atoms with Gasteiger partial charge in [-0.2, -0.15) is 9.41 Å². The van der Waals surface area contributed by atoms with E-state index in [0.717, 1.165) is 50.7 Å². The topological polar surface area (TPSA) is 78.8 Å². The smallest absolute Gasteiger partial charge is 0.267 e. The fourth-order valence-corrected chi connectivity index (χ4v) is 5.40. The molecule has 0 atom stereocenters. The molecule has 1 aliphatic heterocycles. The van der Waals surface area contributed by atoms with E-state index in [1.807, 2.05) is 0 Å². The van der Waals surface area contributed by atoms with Gasteiger partial charge in [0.25, 0.3) is 5.91 Å². The number of hydrogen-bond acceptors (Lipinski definition) is 4. The summed E-state index contributed by atoms with van der Waals surface area (Å²) in [5.74, 6) is -0.381. The molecule has 1 heterocycles. The molecule has 6 nitrogen and oxygen atoms in total. The molecule has 7 heteroatoms. The third-order valence-electron chi connectivity index (χ3n) is 5.53. The average Bonchev–Trinajstić information content (AvgIpc) is 3.20. The van der Waals surface area contributed by atoms with Crippen LogP contribution in [0.2, 0.25) is 0 Å². The summed E-state index contributed by atoms with van der Waals surface area (Å²) in [6, 6.07) is 6.24. The van der Waals surface area contributed by atoms with E-state index in [4.69, 9.17) is 0 Å². The zero-order chi connectivity index (χ0) is 20.7. The molecule has 158 valence electrons. The summed E-state index contributed by atoms with van der Waals surface area (Å²) < 4.78 is 27.2. The number of piperidine rings is 1. The number of hydrazone groups is 1. The maximum atomic E-state index is 12.9. The van der Waals surface area contributed by atoms with Crippen molar-refractivity contribution in [1.82, 2.24) is 9.73 Å². The van der Waals surface area contributed by atoms with Gasteiger partial charge in [0.1, 0.15) is 0 Å². The number of unbranched alkanes of at least 4 members (excludes halogenated alkanes) is 2. The van der Waals surface area contributed by atoms with Gasteiger partial charge in [0.15, 0.2) is 0 Å². The average molecular weight is 418 g/mol. The van der Waals surface area contributed by atoms with Crippen molar-refractivity contribution in [1.29, 1.82) is 0 Å². The predicted octanol–water partition coefficient (Wildman–Crippen LogP) is 4.25. The van der Waals surface area contributed by atoms with Crippen LogP contribution in [-0.4, -0.2) is 37.4 Å². The van der Waals surface area contributed by atoms with Crippen molar-refractivity contribution in [3.8, 4) is 0 Å². The quantitative estimate of drug-likeness (QED) is 0.507. The van der Waals surface area contributed by atoms with E-state index < -0.39 is 10.0 Å². The highest BCUT2D eigenvalue weighted by Crippen LogP contribution is 2.22. The van der Waals surface area contributed by atoms with E-state index in [-0.39, 0.29) is 10.8 Å². The van der Waals surface area contributed by atoms with Crippen molar-refractivity contribution in [3.05, 3.63) is 41.5 Å². The van der Waals surface area contributed by atoms with E-state index in [1.165, 1.54) is 28.8 Å². The van der Waals surface area contributed by atoms with Crippen LogP contribution in [0.25, 0.3) is 0 Å². The highest BCUT2D eigenvalue weighted by molar-refractivity contribution is 7.89. The Morgan fingerprint density at radius 2 is 1.97 bits per heavy atom. The van der Waals surface area contributed by atoms with Crippen LogP contribution in [0.4, 0.5) is 0 Å². The molecule has 2 aliphatic rings. The first-order valence-electron chi connectivity index (χ1n) is 10.7. The van der Waals surface area contributed by atoms with E-state index in [1.54, 1.807) is 18.2 Å². The molecule has 1 fully saturated rings. The monoisotopic (exact) mass is 417 g/mol. The van der Waals surface area contributed by atoms with Crippen LogP contribution >= 0.6 is 0 Å². The van der Waals surface area contributed by atoms with Crippen molar-refractivity contribution in [3.63, 3.8) is 0 Å². The lowest BCUT2D eigenvalue weighted by atomic mass is 10.1. The van der Waals surface area contributed by atoms with Gasteiger partial charge >= 0.3 is 0 Å². The molecule has 1 amide bonds. The molecule has 0 saturated carbocycles. The normalized spacial score (nSPS) is 19.3. The Kier molecular flexibility index (Phi) is 7.61. The van der Waals surface area contributed by atoms with Gasteiger partial charge in [-0.05, 0) is 62.3 Å². The fraction of sp³-hybridized carbons (Fsp3) is 0.545. The van der Waals surface area contributed by atoms with Crippen LogP contribution in [0.3, 0.4) is 0 Å². The van der Waals surface area contributed by atoms with Gasteiger partial charge in [0.2, 0.25) is 10.0 Å². The lowest BCUT2D eigenvalue weighted by Crippen LogP contribution is -2.35. The second-order valence-electron chi connectivity index (χ2n) is 7.72. The Balaban J connectivity index is 1.67. The molecule has 0 spiro atoms. The van der Waals surface area contributed by atoms with Gasteiger partial charge in [0, 0.05) is 18.7 Å².